The molecule has 0 aliphatic heterocycles. The molecule has 7 nitrogen and oxygen atoms in total. The van der Waals surface area contributed by atoms with E-state index in [1.807, 2.05) is 18.2 Å². The maximum Gasteiger partial charge on any atom is 0.319 e. The second-order valence-corrected chi connectivity index (χ2v) is 5.34. The summed E-state index contributed by atoms with van der Waals surface area (Å²) in [6.07, 6.45) is 3.27. The van der Waals surface area contributed by atoms with E-state index in [1.165, 1.54) is 7.11 Å². The number of pyridine rings is 1. The molecule has 2 heterocycles. The summed E-state index contributed by atoms with van der Waals surface area (Å²) in [5.41, 5.74) is 2.05. The Morgan fingerprint density at radius 1 is 1.12 bits per heavy atom. The predicted molar refractivity (Wildman–Crippen MR) is 97.3 cm³/mol. The molecule has 26 heavy (non-hydrogen) atoms. The normalized spacial score (nSPS) is 10.2. The molecule has 0 unspecified atom stereocenters. The largest absolute Gasteiger partial charge is 0.493 e. The number of carbonyl (C=O) groups is 1. The van der Waals surface area contributed by atoms with E-state index in [0.29, 0.717) is 35.2 Å². The molecule has 134 valence electrons. The molecule has 3 rings (SSSR count). The van der Waals surface area contributed by atoms with Crippen LogP contribution in [0, 0.1) is 0 Å². The number of hydrogen-bond donors (Lipinski definition) is 2. The molecule has 0 aliphatic carbocycles. The molecule has 0 saturated heterocycles. The van der Waals surface area contributed by atoms with Crippen LogP contribution in [0.4, 0.5) is 10.5 Å². The van der Waals surface area contributed by atoms with Crippen LogP contribution in [0.15, 0.2) is 59.3 Å². The topological polar surface area (TPSA) is 85.6 Å². The quantitative estimate of drug-likeness (QED) is 0.706. The number of nitrogens with one attached hydrogen (secondary N) is 2. The van der Waals surface area contributed by atoms with Gasteiger partial charge in [-0.25, -0.2) is 4.79 Å². The van der Waals surface area contributed by atoms with Gasteiger partial charge in [-0.15, -0.1) is 0 Å². The third-order valence-corrected chi connectivity index (χ3v) is 3.74. The number of rotatable bonds is 6. The van der Waals surface area contributed by atoms with Gasteiger partial charge in [-0.3, -0.25) is 4.98 Å². The van der Waals surface area contributed by atoms with Crippen molar-refractivity contribution >= 4 is 11.7 Å². The first-order valence-electron chi connectivity index (χ1n) is 7.96. The lowest BCUT2D eigenvalue weighted by Gasteiger charge is -2.14. The van der Waals surface area contributed by atoms with Crippen molar-refractivity contribution in [3.05, 3.63) is 60.5 Å². The molecule has 0 saturated carbocycles. The Hall–Kier alpha value is -3.48. The van der Waals surface area contributed by atoms with Gasteiger partial charge in [0.25, 0.3) is 0 Å². The van der Waals surface area contributed by atoms with E-state index in [0.717, 1.165) is 5.56 Å². The SMILES string of the molecule is COc1cccc(NC(=O)NCc2cccnc2-c2ccco2)c1OC. The van der Waals surface area contributed by atoms with Crippen molar-refractivity contribution in [2.75, 3.05) is 19.5 Å². The van der Waals surface area contributed by atoms with E-state index in [4.69, 9.17) is 13.9 Å². The van der Waals surface area contributed by atoms with Crippen LogP contribution in [0.1, 0.15) is 5.56 Å². The van der Waals surface area contributed by atoms with Gasteiger partial charge in [0, 0.05) is 18.3 Å². The fourth-order valence-electron chi connectivity index (χ4n) is 2.54. The second kappa shape index (κ2) is 8.06. The first-order chi connectivity index (χ1) is 12.7. The van der Waals surface area contributed by atoms with Crippen molar-refractivity contribution in [2.45, 2.75) is 6.54 Å². The minimum Gasteiger partial charge on any atom is -0.493 e. The molecule has 0 spiro atoms. The van der Waals surface area contributed by atoms with Crippen LogP contribution < -0.4 is 20.1 Å². The van der Waals surface area contributed by atoms with Crippen LogP contribution in [-0.4, -0.2) is 25.2 Å². The summed E-state index contributed by atoms with van der Waals surface area (Å²) < 4.78 is 15.9. The van der Waals surface area contributed by atoms with Crippen molar-refractivity contribution in [1.82, 2.24) is 10.3 Å². The molecule has 0 aliphatic rings. The lowest BCUT2D eigenvalue weighted by Crippen LogP contribution is -2.28. The third-order valence-electron chi connectivity index (χ3n) is 3.74. The molecule has 7 heteroatoms. The highest BCUT2D eigenvalue weighted by atomic mass is 16.5. The molecule has 2 amide bonds. The zero-order valence-corrected chi connectivity index (χ0v) is 14.5. The molecule has 3 aromatic rings. The summed E-state index contributed by atoms with van der Waals surface area (Å²) in [5.74, 6) is 1.65. The first kappa shape index (κ1) is 17.3. The van der Waals surface area contributed by atoms with Gasteiger partial charge in [-0.05, 0) is 30.3 Å². The average molecular weight is 353 g/mol. The number of furan rings is 1. The fraction of sp³-hybridized carbons (Fsp3) is 0.158. The zero-order valence-electron chi connectivity index (χ0n) is 14.5. The van der Waals surface area contributed by atoms with Crippen LogP contribution in [-0.2, 0) is 6.54 Å². The molecule has 0 atom stereocenters. The monoisotopic (exact) mass is 353 g/mol. The van der Waals surface area contributed by atoms with E-state index >= 15 is 0 Å². The molecular weight excluding hydrogens is 334 g/mol. The van der Waals surface area contributed by atoms with Crippen molar-refractivity contribution in [1.29, 1.82) is 0 Å². The number of para-hydroxylation sites is 1. The number of methoxy groups -OCH3 is 2. The van der Waals surface area contributed by atoms with Gasteiger partial charge in [0.05, 0.1) is 26.2 Å². The Bertz CT molecular complexity index is 878. The molecule has 2 aromatic heterocycles. The molecule has 1 aromatic carbocycles. The minimum absolute atomic E-state index is 0.294. The Kier molecular flexibility index (Phi) is 5.38. The van der Waals surface area contributed by atoms with Gasteiger partial charge in [0.2, 0.25) is 0 Å². The van der Waals surface area contributed by atoms with Crippen LogP contribution in [0.5, 0.6) is 11.5 Å². The third kappa shape index (κ3) is 3.77. The highest BCUT2D eigenvalue weighted by molar-refractivity contribution is 5.91. The highest BCUT2D eigenvalue weighted by Gasteiger charge is 2.13. The maximum atomic E-state index is 12.3. The average Bonchev–Trinajstić information content (AvgIpc) is 3.21. The van der Waals surface area contributed by atoms with Crippen molar-refractivity contribution < 1.29 is 18.7 Å². The number of aromatic nitrogens is 1. The Balaban J connectivity index is 1.70. The fourth-order valence-corrected chi connectivity index (χ4v) is 2.54. The zero-order chi connectivity index (χ0) is 18.4. The Morgan fingerprint density at radius 3 is 2.73 bits per heavy atom. The van der Waals surface area contributed by atoms with Crippen LogP contribution in [0.3, 0.4) is 0 Å². The summed E-state index contributed by atoms with van der Waals surface area (Å²) in [6, 6.07) is 12.2. The van der Waals surface area contributed by atoms with Crippen LogP contribution in [0.2, 0.25) is 0 Å². The highest BCUT2D eigenvalue weighted by Crippen LogP contribution is 2.34. The van der Waals surface area contributed by atoms with Crippen molar-refractivity contribution in [3.63, 3.8) is 0 Å². The van der Waals surface area contributed by atoms with Gasteiger partial charge < -0.3 is 24.5 Å². The van der Waals surface area contributed by atoms with Gasteiger partial charge in [-0.2, -0.15) is 0 Å². The lowest BCUT2D eigenvalue weighted by atomic mass is 10.1. The van der Waals surface area contributed by atoms with Gasteiger partial charge in [0.15, 0.2) is 17.3 Å². The second-order valence-electron chi connectivity index (χ2n) is 5.34. The van der Waals surface area contributed by atoms with Gasteiger partial charge in [0.1, 0.15) is 5.69 Å². The maximum absolute atomic E-state index is 12.3. The lowest BCUT2D eigenvalue weighted by molar-refractivity contribution is 0.251. The number of anilines is 1. The van der Waals surface area contributed by atoms with E-state index in [9.17, 15) is 4.79 Å². The number of nitrogens with zero attached hydrogens (tertiary/aromatic N) is 1. The van der Waals surface area contributed by atoms with E-state index in [1.54, 1.807) is 43.8 Å². The number of benzene rings is 1. The van der Waals surface area contributed by atoms with Gasteiger partial charge in [-0.1, -0.05) is 12.1 Å². The number of ether oxygens (including phenoxy) is 2. The molecule has 0 fully saturated rings. The summed E-state index contributed by atoms with van der Waals surface area (Å²) in [5, 5.41) is 5.57. The molecule has 2 N–H and O–H groups in total. The van der Waals surface area contributed by atoms with Crippen LogP contribution in [0.25, 0.3) is 11.5 Å². The Morgan fingerprint density at radius 2 is 2.00 bits per heavy atom. The molecular formula is C19H19N3O4. The number of hydrogen-bond acceptors (Lipinski definition) is 5. The molecule has 0 bridgehead atoms. The summed E-state index contributed by atoms with van der Waals surface area (Å²) in [7, 11) is 3.06. The standard InChI is InChI=1S/C19H19N3O4/c1-24-16-8-3-7-14(18(16)25-2)22-19(23)21-12-13-6-4-10-20-17(13)15-9-5-11-26-15/h3-11H,12H2,1-2H3,(H2,21,22,23). The number of carbonyl (C=O) groups excluding carboxylic acids is 1. The smallest absolute Gasteiger partial charge is 0.319 e. The summed E-state index contributed by atoms with van der Waals surface area (Å²) >= 11 is 0. The summed E-state index contributed by atoms with van der Waals surface area (Å²) in [6.45, 7) is 0.294. The number of urea groups is 1. The van der Waals surface area contributed by atoms with E-state index in [-0.39, 0.29) is 6.03 Å². The van der Waals surface area contributed by atoms with Crippen LogP contribution >= 0.6 is 0 Å². The van der Waals surface area contributed by atoms with Crippen molar-refractivity contribution in [3.8, 4) is 23.0 Å². The van der Waals surface area contributed by atoms with Gasteiger partial charge >= 0.3 is 6.03 Å². The predicted octanol–water partition coefficient (Wildman–Crippen LogP) is 3.68. The Labute approximate surface area is 151 Å². The van der Waals surface area contributed by atoms with E-state index < -0.39 is 0 Å². The minimum atomic E-state index is -0.370. The number of amides is 2. The summed E-state index contributed by atoms with van der Waals surface area (Å²) in [4.78, 5) is 16.6. The first-order valence-corrected chi connectivity index (χ1v) is 7.96. The van der Waals surface area contributed by atoms with E-state index in [2.05, 4.69) is 15.6 Å². The van der Waals surface area contributed by atoms with Crippen molar-refractivity contribution in [2.24, 2.45) is 0 Å². The molecule has 0 radical (unpaired) electrons.